The summed E-state index contributed by atoms with van der Waals surface area (Å²) in [6.45, 7) is -2.94. The number of thioether (sulfide) groups is 1. The number of nitrogens with one attached hydrogen (secondary N) is 1. The highest BCUT2D eigenvalue weighted by molar-refractivity contribution is 7.98. The lowest BCUT2D eigenvalue weighted by molar-refractivity contribution is -0.111. The number of aromatic nitrogens is 1. The van der Waals surface area contributed by atoms with Gasteiger partial charge in [0.15, 0.2) is 11.5 Å². The van der Waals surface area contributed by atoms with Crippen molar-refractivity contribution in [3.63, 3.8) is 0 Å². The number of rotatable bonds is 7. The summed E-state index contributed by atoms with van der Waals surface area (Å²) in [6.07, 6.45) is 6.34. The van der Waals surface area contributed by atoms with Gasteiger partial charge in [0.2, 0.25) is 5.91 Å². The van der Waals surface area contributed by atoms with E-state index in [-0.39, 0.29) is 17.4 Å². The van der Waals surface area contributed by atoms with Crippen molar-refractivity contribution in [1.82, 2.24) is 4.98 Å². The summed E-state index contributed by atoms with van der Waals surface area (Å²) in [6, 6.07) is 7.95. The van der Waals surface area contributed by atoms with Crippen molar-refractivity contribution in [3.8, 4) is 11.5 Å². The first-order valence-corrected chi connectivity index (χ1v) is 8.36. The molecule has 1 N–H and O–H groups in total. The highest BCUT2D eigenvalue weighted by Crippen LogP contribution is 2.29. The Balaban J connectivity index is 2.03. The minimum atomic E-state index is -2.94. The maximum absolute atomic E-state index is 12.3. The molecule has 1 amide bonds. The topological polar surface area (TPSA) is 60.5 Å². The average Bonchev–Trinajstić information content (AvgIpc) is 2.61. The van der Waals surface area contributed by atoms with Crippen LogP contribution in [-0.4, -0.2) is 30.9 Å². The van der Waals surface area contributed by atoms with Crippen LogP contribution in [0.15, 0.2) is 47.6 Å². The van der Waals surface area contributed by atoms with Gasteiger partial charge in [-0.15, -0.1) is 11.8 Å². The minimum Gasteiger partial charge on any atom is -0.493 e. The summed E-state index contributed by atoms with van der Waals surface area (Å²) in [5.41, 5.74) is 1.18. The molecule has 8 heteroatoms. The van der Waals surface area contributed by atoms with E-state index in [0.29, 0.717) is 11.3 Å². The van der Waals surface area contributed by atoms with Gasteiger partial charge in [0.05, 0.1) is 24.0 Å². The molecule has 0 atom stereocenters. The lowest BCUT2D eigenvalue weighted by Crippen LogP contribution is -2.07. The number of halogens is 2. The van der Waals surface area contributed by atoms with E-state index in [1.165, 1.54) is 43.2 Å². The van der Waals surface area contributed by atoms with Crippen LogP contribution in [0, 0.1) is 0 Å². The summed E-state index contributed by atoms with van der Waals surface area (Å²) < 4.78 is 33.9. The minimum absolute atomic E-state index is 0.0703. The van der Waals surface area contributed by atoms with Gasteiger partial charge >= 0.3 is 6.61 Å². The van der Waals surface area contributed by atoms with Gasteiger partial charge in [-0.05, 0) is 42.2 Å². The van der Waals surface area contributed by atoms with Crippen molar-refractivity contribution in [3.05, 3.63) is 48.2 Å². The maximum Gasteiger partial charge on any atom is 0.387 e. The molecule has 1 heterocycles. The number of carbonyl (C=O) groups is 1. The fourth-order valence-electron chi connectivity index (χ4n) is 1.91. The van der Waals surface area contributed by atoms with Gasteiger partial charge in [0.1, 0.15) is 0 Å². The zero-order chi connectivity index (χ0) is 18.2. The largest absolute Gasteiger partial charge is 0.493 e. The molecule has 1 aromatic heterocycles. The Kier molecular flexibility index (Phi) is 6.76. The molecule has 132 valence electrons. The number of benzene rings is 1. The predicted molar refractivity (Wildman–Crippen MR) is 93.3 cm³/mol. The third kappa shape index (κ3) is 5.75. The van der Waals surface area contributed by atoms with Crippen LogP contribution in [0.3, 0.4) is 0 Å². The molecule has 5 nitrogen and oxygen atoms in total. The number of methoxy groups -OCH3 is 1. The summed E-state index contributed by atoms with van der Waals surface area (Å²) in [7, 11) is 1.35. The van der Waals surface area contributed by atoms with E-state index in [1.54, 1.807) is 24.4 Å². The van der Waals surface area contributed by atoms with Crippen molar-refractivity contribution in [1.29, 1.82) is 0 Å². The van der Waals surface area contributed by atoms with E-state index < -0.39 is 6.61 Å². The van der Waals surface area contributed by atoms with Gasteiger partial charge in [0.25, 0.3) is 0 Å². The van der Waals surface area contributed by atoms with Crippen molar-refractivity contribution < 1.29 is 23.0 Å². The van der Waals surface area contributed by atoms with Crippen LogP contribution in [0.25, 0.3) is 6.08 Å². The van der Waals surface area contributed by atoms with E-state index in [9.17, 15) is 13.6 Å². The fraction of sp³-hybridized carbons (Fsp3) is 0.176. The second kappa shape index (κ2) is 9.03. The molecule has 2 aromatic rings. The van der Waals surface area contributed by atoms with E-state index >= 15 is 0 Å². The number of ether oxygens (including phenoxy) is 2. The molecule has 0 aliphatic heterocycles. The van der Waals surface area contributed by atoms with Crippen molar-refractivity contribution >= 4 is 29.4 Å². The lowest BCUT2D eigenvalue weighted by atomic mass is 10.2. The highest BCUT2D eigenvalue weighted by atomic mass is 32.2. The second-order valence-electron chi connectivity index (χ2n) is 4.70. The molecule has 25 heavy (non-hydrogen) atoms. The van der Waals surface area contributed by atoms with E-state index in [0.717, 1.165) is 5.03 Å². The van der Waals surface area contributed by atoms with Crippen LogP contribution in [0.5, 0.6) is 11.5 Å². The van der Waals surface area contributed by atoms with Gasteiger partial charge in [-0.1, -0.05) is 6.07 Å². The second-order valence-corrected chi connectivity index (χ2v) is 5.53. The Hall–Kier alpha value is -2.61. The van der Waals surface area contributed by atoms with Crippen LogP contribution in [-0.2, 0) is 4.79 Å². The van der Waals surface area contributed by atoms with Gasteiger partial charge in [-0.3, -0.25) is 4.79 Å². The van der Waals surface area contributed by atoms with Crippen molar-refractivity contribution in [2.45, 2.75) is 11.6 Å². The Labute approximate surface area is 148 Å². The number of carbonyl (C=O) groups excluding carboxylic acids is 1. The van der Waals surface area contributed by atoms with Crippen LogP contribution in [0.4, 0.5) is 14.5 Å². The smallest absolute Gasteiger partial charge is 0.387 e. The predicted octanol–water partition coefficient (Wildman–Crippen LogP) is 4.07. The Morgan fingerprint density at radius 1 is 1.28 bits per heavy atom. The molecule has 0 aliphatic rings. The lowest BCUT2D eigenvalue weighted by Gasteiger charge is -2.10. The SMILES string of the molecule is COc1cc(/C=C/C(=O)Nc2ccc(SC)nc2)ccc1OC(F)F. The third-order valence-corrected chi connectivity index (χ3v) is 3.70. The fourth-order valence-corrected chi connectivity index (χ4v) is 2.27. The van der Waals surface area contributed by atoms with Gasteiger partial charge in [-0.25, -0.2) is 4.98 Å². The zero-order valence-electron chi connectivity index (χ0n) is 13.5. The highest BCUT2D eigenvalue weighted by Gasteiger charge is 2.10. The normalized spacial score (nSPS) is 10.9. The summed E-state index contributed by atoms with van der Waals surface area (Å²) in [5.74, 6) is -0.260. The Bertz CT molecular complexity index is 752. The van der Waals surface area contributed by atoms with Crippen LogP contribution < -0.4 is 14.8 Å². The molecule has 2 rings (SSSR count). The van der Waals surface area contributed by atoms with Gasteiger partial charge in [-0.2, -0.15) is 8.78 Å². The molecular weight excluding hydrogens is 350 g/mol. The molecule has 0 unspecified atom stereocenters. The number of anilines is 1. The zero-order valence-corrected chi connectivity index (χ0v) is 14.3. The molecule has 0 fully saturated rings. The quantitative estimate of drug-likeness (QED) is 0.591. The van der Waals surface area contributed by atoms with Crippen LogP contribution in [0.1, 0.15) is 5.56 Å². The van der Waals surface area contributed by atoms with Crippen LogP contribution >= 0.6 is 11.8 Å². The van der Waals surface area contributed by atoms with Crippen molar-refractivity contribution in [2.24, 2.45) is 0 Å². The number of hydrogen-bond acceptors (Lipinski definition) is 5. The van der Waals surface area contributed by atoms with Gasteiger partial charge in [0, 0.05) is 6.08 Å². The van der Waals surface area contributed by atoms with E-state index in [2.05, 4.69) is 15.0 Å². The first kappa shape index (κ1) is 18.7. The number of amides is 1. The number of nitrogens with zero attached hydrogens (tertiary/aromatic N) is 1. The van der Waals surface area contributed by atoms with E-state index in [4.69, 9.17) is 4.74 Å². The summed E-state index contributed by atoms with van der Waals surface area (Å²) in [5, 5.41) is 3.53. The standard InChI is InChI=1S/C17H16F2N2O3S/c1-23-14-9-11(3-6-13(14)24-17(18)19)4-7-15(22)21-12-5-8-16(25-2)20-10-12/h3-10,17H,1-2H3,(H,21,22)/b7-4+. The Morgan fingerprint density at radius 3 is 2.68 bits per heavy atom. The van der Waals surface area contributed by atoms with Crippen LogP contribution in [0.2, 0.25) is 0 Å². The molecule has 1 aromatic carbocycles. The maximum atomic E-state index is 12.3. The number of alkyl halides is 2. The Morgan fingerprint density at radius 2 is 2.08 bits per heavy atom. The van der Waals surface area contributed by atoms with E-state index in [1.807, 2.05) is 6.26 Å². The average molecular weight is 366 g/mol. The third-order valence-electron chi connectivity index (χ3n) is 3.04. The molecule has 0 bridgehead atoms. The molecule has 0 saturated carbocycles. The first-order chi connectivity index (χ1) is 12.0. The molecule has 0 radical (unpaired) electrons. The summed E-state index contributed by atoms with van der Waals surface area (Å²) in [4.78, 5) is 16.1. The summed E-state index contributed by atoms with van der Waals surface area (Å²) >= 11 is 1.51. The van der Waals surface area contributed by atoms with Crippen molar-refractivity contribution in [2.75, 3.05) is 18.7 Å². The number of hydrogen-bond donors (Lipinski definition) is 1. The monoisotopic (exact) mass is 366 g/mol. The molecule has 0 spiro atoms. The first-order valence-electron chi connectivity index (χ1n) is 7.14. The van der Waals surface area contributed by atoms with Gasteiger partial charge < -0.3 is 14.8 Å². The number of pyridine rings is 1. The molecule has 0 aliphatic carbocycles. The molecular formula is C17H16F2N2O3S. The molecule has 0 saturated heterocycles.